The molecule has 7 heteroatoms. The smallest absolute Gasteiger partial charge is 0.292 e. The molecule has 0 fully saturated rings. The first-order valence-electron chi connectivity index (χ1n) is 9.69. The van der Waals surface area contributed by atoms with Crippen LogP contribution in [0.5, 0.6) is 11.5 Å². The van der Waals surface area contributed by atoms with Gasteiger partial charge in [-0.25, -0.2) is 8.78 Å². The minimum Gasteiger partial charge on any atom is -0.494 e. The van der Waals surface area contributed by atoms with Crippen molar-refractivity contribution in [2.24, 2.45) is 0 Å². The van der Waals surface area contributed by atoms with Gasteiger partial charge in [0.25, 0.3) is 5.91 Å². The van der Waals surface area contributed by atoms with E-state index in [0.717, 1.165) is 6.07 Å². The van der Waals surface area contributed by atoms with Crippen molar-refractivity contribution in [3.8, 4) is 11.5 Å². The summed E-state index contributed by atoms with van der Waals surface area (Å²) in [6.07, 6.45) is 1.36. The predicted molar refractivity (Wildman–Crippen MR) is 115 cm³/mol. The zero-order valence-corrected chi connectivity index (χ0v) is 16.9. The van der Waals surface area contributed by atoms with Gasteiger partial charge in [0.1, 0.15) is 23.1 Å². The SMILES string of the molecule is CCOc1ccc(NC(=O)/C(=C/NCc2cc(F)cc(F)c2)Oc2ccccc2)cc1. The molecule has 3 aromatic carbocycles. The summed E-state index contributed by atoms with van der Waals surface area (Å²) in [6.45, 7) is 2.54. The Labute approximate surface area is 179 Å². The first kappa shape index (κ1) is 21.8. The maximum Gasteiger partial charge on any atom is 0.292 e. The van der Waals surface area contributed by atoms with Gasteiger partial charge in [0.15, 0.2) is 0 Å². The number of halogens is 2. The zero-order chi connectivity index (χ0) is 22.1. The van der Waals surface area contributed by atoms with Crippen molar-refractivity contribution in [3.63, 3.8) is 0 Å². The highest BCUT2D eigenvalue weighted by atomic mass is 19.1. The Balaban J connectivity index is 1.73. The largest absolute Gasteiger partial charge is 0.494 e. The number of hydrogen-bond acceptors (Lipinski definition) is 4. The fourth-order valence-corrected chi connectivity index (χ4v) is 2.73. The lowest BCUT2D eigenvalue weighted by atomic mass is 10.2. The summed E-state index contributed by atoms with van der Waals surface area (Å²) in [5, 5.41) is 5.62. The second kappa shape index (κ2) is 10.8. The molecule has 0 saturated carbocycles. The van der Waals surface area contributed by atoms with Gasteiger partial charge in [-0.1, -0.05) is 18.2 Å². The molecule has 1 amide bonds. The lowest BCUT2D eigenvalue weighted by Crippen LogP contribution is -2.21. The molecule has 0 heterocycles. The molecule has 0 saturated heterocycles. The predicted octanol–water partition coefficient (Wildman–Crippen LogP) is 5.01. The van der Waals surface area contributed by atoms with Crippen molar-refractivity contribution in [2.45, 2.75) is 13.5 Å². The summed E-state index contributed by atoms with van der Waals surface area (Å²) in [6, 6.07) is 18.9. The number of carbonyl (C=O) groups is 1. The third-order valence-electron chi connectivity index (χ3n) is 4.08. The zero-order valence-electron chi connectivity index (χ0n) is 16.9. The monoisotopic (exact) mass is 424 g/mol. The standard InChI is InChI=1S/C24H22F2N2O3/c1-2-30-21-10-8-20(9-11-21)28-24(29)23(31-22-6-4-3-5-7-22)16-27-15-17-12-18(25)14-19(26)13-17/h3-14,16,27H,2,15H2,1H3,(H,28,29)/b23-16-. The maximum absolute atomic E-state index is 13.4. The lowest BCUT2D eigenvalue weighted by molar-refractivity contribution is -0.114. The van der Waals surface area contributed by atoms with Gasteiger partial charge >= 0.3 is 0 Å². The second-order valence-electron chi connectivity index (χ2n) is 6.49. The van der Waals surface area contributed by atoms with Gasteiger partial charge in [0, 0.05) is 24.5 Å². The van der Waals surface area contributed by atoms with Crippen LogP contribution in [0.1, 0.15) is 12.5 Å². The molecule has 0 unspecified atom stereocenters. The Morgan fingerprint density at radius 2 is 1.61 bits per heavy atom. The minimum atomic E-state index is -0.671. The molecular weight excluding hydrogens is 402 g/mol. The van der Waals surface area contributed by atoms with Crippen LogP contribution in [0.25, 0.3) is 0 Å². The summed E-state index contributed by atoms with van der Waals surface area (Å²) in [4.78, 5) is 12.8. The number of ether oxygens (including phenoxy) is 2. The van der Waals surface area contributed by atoms with E-state index >= 15 is 0 Å². The number of carbonyl (C=O) groups excluding carboxylic acids is 1. The van der Waals surface area contributed by atoms with E-state index in [-0.39, 0.29) is 12.3 Å². The average molecular weight is 424 g/mol. The first-order chi connectivity index (χ1) is 15.0. The van der Waals surface area contributed by atoms with Crippen LogP contribution < -0.4 is 20.1 Å². The van der Waals surface area contributed by atoms with Crippen LogP contribution in [0.4, 0.5) is 14.5 Å². The van der Waals surface area contributed by atoms with Crippen molar-refractivity contribution in [1.82, 2.24) is 5.32 Å². The van der Waals surface area contributed by atoms with Gasteiger partial charge in [0.2, 0.25) is 5.76 Å². The summed E-state index contributed by atoms with van der Waals surface area (Å²) < 4.78 is 37.8. The molecule has 31 heavy (non-hydrogen) atoms. The van der Waals surface area contributed by atoms with E-state index in [1.54, 1.807) is 48.5 Å². The molecular formula is C24H22F2N2O3. The minimum absolute atomic E-state index is 0.0167. The summed E-state index contributed by atoms with van der Waals surface area (Å²) in [7, 11) is 0. The highest BCUT2D eigenvalue weighted by Gasteiger charge is 2.13. The molecule has 5 nitrogen and oxygen atoms in total. The third kappa shape index (κ3) is 6.85. The Bertz CT molecular complexity index is 1020. The van der Waals surface area contributed by atoms with Crippen molar-refractivity contribution in [3.05, 3.63) is 102 Å². The van der Waals surface area contributed by atoms with Gasteiger partial charge < -0.3 is 20.1 Å². The van der Waals surface area contributed by atoms with E-state index in [2.05, 4.69) is 10.6 Å². The van der Waals surface area contributed by atoms with Crippen LogP contribution in [0.15, 0.2) is 84.8 Å². The number of benzene rings is 3. The molecule has 0 aliphatic rings. The van der Waals surface area contributed by atoms with E-state index in [4.69, 9.17) is 9.47 Å². The molecule has 0 aromatic heterocycles. The summed E-state index contributed by atoms with van der Waals surface area (Å²) in [5.74, 6) is -0.692. The summed E-state index contributed by atoms with van der Waals surface area (Å²) >= 11 is 0. The van der Waals surface area contributed by atoms with Gasteiger partial charge in [-0.3, -0.25) is 4.79 Å². The van der Waals surface area contributed by atoms with Gasteiger partial charge in [-0.05, 0) is 61.0 Å². The average Bonchev–Trinajstić information content (AvgIpc) is 2.75. The quantitative estimate of drug-likeness (QED) is 0.374. The molecule has 0 spiro atoms. The first-order valence-corrected chi connectivity index (χ1v) is 9.69. The number of rotatable bonds is 9. The molecule has 2 N–H and O–H groups in total. The van der Waals surface area contributed by atoms with E-state index in [1.165, 1.54) is 18.3 Å². The van der Waals surface area contributed by atoms with Crippen LogP contribution >= 0.6 is 0 Å². The van der Waals surface area contributed by atoms with E-state index in [9.17, 15) is 13.6 Å². The van der Waals surface area contributed by atoms with E-state index in [0.29, 0.717) is 29.4 Å². The molecule has 0 atom stereocenters. The molecule has 3 rings (SSSR count). The fraction of sp³-hybridized carbons (Fsp3) is 0.125. The highest BCUT2D eigenvalue weighted by Crippen LogP contribution is 2.18. The van der Waals surface area contributed by atoms with E-state index in [1.807, 2.05) is 13.0 Å². The Morgan fingerprint density at radius 1 is 0.935 bits per heavy atom. The number of nitrogens with one attached hydrogen (secondary N) is 2. The van der Waals surface area contributed by atoms with E-state index < -0.39 is 17.5 Å². The third-order valence-corrected chi connectivity index (χ3v) is 4.08. The second-order valence-corrected chi connectivity index (χ2v) is 6.49. The Hall–Kier alpha value is -3.87. The van der Waals surface area contributed by atoms with Crippen molar-refractivity contribution in [2.75, 3.05) is 11.9 Å². The van der Waals surface area contributed by atoms with Crippen molar-refractivity contribution >= 4 is 11.6 Å². The Kier molecular flexibility index (Phi) is 7.59. The van der Waals surface area contributed by atoms with Crippen LogP contribution in [0.3, 0.4) is 0 Å². The highest BCUT2D eigenvalue weighted by molar-refractivity contribution is 6.02. The molecule has 3 aromatic rings. The maximum atomic E-state index is 13.4. The van der Waals surface area contributed by atoms with Crippen molar-refractivity contribution < 1.29 is 23.0 Å². The number of amides is 1. The van der Waals surface area contributed by atoms with Crippen LogP contribution in [0.2, 0.25) is 0 Å². The van der Waals surface area contributed by atoms with Gasteiger partial charge in [-0.2, -0.15) is 0 Å². The number of para-hydroxylation sites is 1. The lowest BCUT2D eigenvalue weighted by Gasteiger charge is -2.12. The van der Waals surface area contributed by atoms with Crippen LogP contribution in [0, 0.1) is 11.6 Å². The number of hydrogen-bond donors (Lipinski definition) is 2. The molecule has 0 bridgehead atoms. The van der Waals surface area contributed by atoms with Crippen molar-refractivity contribution in [1.29, 1.82) is 0 Å². The molecule has 0 aliphatic heterocycles. The van der Waals surface area contributed by atoms with Gasteiger partial charge in [-0.15, -0.1) is 0 Å². The number of anilines is 1. The topological polar surface area (TPSA) is 59.6 Å². The van der Waals surface area contributed by atoms with Crippen LogP contribution in [-0.4, -0.2) is 12.5 Å². The Morgan fingerprint density at radius 3 is 2.26 bits per heavy atom. The summed E-state index contributed by atoms with van der Waals surface area (Å²) in [5.41, 5.74) is 0.947. The van der Waals surface area contributed by atoms with Crippen LogP contribution in [-0.2, 0) is 11.3 Å². The normalized spacial score (nSPS) is 11.0. The van der Waals surface area contributed by atoms with Gasteiger partial charge in [0.05, 0.1) is 6.61 Å². The molecule has 160 valence electrons. The molecule has 0 aliphatic carbocycles. The fourth-order valence-electron chi connectivity index (χ4n) is 2.73. The molecule has 0 radical (unpaired) electrons.